The fraction of sp³-hybridized carbons (Fsp3) is 0.235. The standard InChI is InChI=1S/C17H16FN2O3S/c1-17(2)19-16(11-4-6-12(18)7-5-11)14-9-8-13(10-15(14)23-17)20-24(21)22-3/h4-10H,1-3H3/q-1. The topological polar surface area (TPSA) is 60.2 Å². The van der Waals surface area contributed by atoms with E-state index in [-0.39, 0.29) is 5.82 Å². The Hall–Kier alpha value is -2.25. The number of rotatable bonds is 3. The van der Waals surface area contributed by atoms with Crippen molar-refractivity contribution in [3.05, 3.63) is 59.4 Å². The average molecular weight is 347 g/mol. The van der Waals surface area contributed by atoms with Crippen LogP contribution in [0.1, 0.15) is 25.0 Å². The summed E-state index contributed by atoms with van der Waals surface area (Å²) in [7, 11) is -0.431. The lowest BCUT2D eigenvalue weighted by Crippen LogP contribution is -2.32. The van der Waals surface area contributed by atoms with E-state index >= 15 is 0 Å². The Kier molecular flexibility index (Phi) is 4.38. The van der Waals surface area contributed by atoms with Gasteiger partial charge >= 0.3 is 0 Å². The van der Waals surface area contributed by atoms with Crippen molar-refractivity contribution in [3.63, 3.8) is 0 Å². The molecule has 7 heteroatoms. The number of halogens is 1. The molecule has 2 aromatic rings. The summed E-state index contributed by atoms with van der Waals surface area (Å²) in [5, 5.41) is 0. The van der Waals surface area contributed by atoms with Gasteiger partial charge in [-0.1, -0.05) is 10.9 Å². The summed E-state index contributed by atoms with van der Waals surface area (Å²) >= 11 is 0. The molecule has 0 amide bonds. The summed E-state index contributed by atoms with van der Waals surface area (Å²) in [5.74, 6) is 0.269. The first-order chi connectivity index (χ1) is 11.4. The van der Waals surface area contributed by atoms with Crippen molar-refractivity contribution in [2.75, 3.05) is 7.11 Å². The molecule has 0 spiro atoms. The molecule has 2 aromatic carbocycles. The molecule has 1 heterocycles. The SMILES string of the molecule is CO[S-](=O)=Nc1ccc2c(c1)OC(C)(C)N=C2c1ccc(F)cc1. The minimum atomic E-state index is -1.75. The molecule has 0 saturated heterocycles. The van der Waals surface area contributed by atoms with Gasteiger partial charge in [-0.15, -0.1) is 0 Å². The van der Waals surface area contributed by atoms with E-state index in [9.17, 15) is 8.60 Å². The predicted molar refractivity (Wildman–Crippen MR) is 90.3 cm³/mol. The summed E-state index contributed by atoms with van der Waals surface area (Å²) in [6.07, 6.45) is 0. The van der Waals surface area contributed by atoms with Crippen LogP contribution < -0.4 is 4.74 Å². The highest BCUT2D eigenvalue weighted by Crippen LogP contribution is 2.35. The Morgan fingerprint density at radius 2 is 1.92 bits per heavy atom. The molecule has 0 unspecified atom stereocenters. The highest BCUT2D eigenvalue weighted by molar-refractivity contribution is 7.69. The van der Waals surface area contributed by atoms with E-state index in [1.54, 1.807) is 30.3 Å². The van der Waals surface area contributed by atoms with Crippen LogP contribution in [0.25, 0.3) is 0 Å². The second kappa shape index (κ2) is 6.33. The van der Waals surface area contributed by atoms with E-state index in [4.69, 9.17) is 4.74 Å². The number of aliphatic imine (C=N–C) groups is 1. The minimum Gasteiger partial charge on any atom is -0.466 e. The number of benzene rings is 2. The van der Waals surface area contributed by atoms with Crippen LogP contribution in [0.2, 0.25) is 0 Å². The average Bonchev–Trinajstić information content (AvgIpc) is 2.53. The molecule has 126 valence electrons. The summed E-state index contributed by atoms with van der Waals surface area (Å²) in [5.41, 5.74) is 1.96. The van der Waals surface area contributed by atoms with Gasteiger partial charge < -0.3 is 17.5 Å². The van der Waals surface area contributed by atoms with Crippen LogP contribution in [0.15, 0.2) is 51.8 Å². The molecule has 0 radical (unpaired) electrons. The molecule has 0 atom stereocenters. The molecule has 0 aliphatic carbocycles. The van der Waals surface area contributed by atoms with E-state index in [0.29, 0.717) is 17.1 Å². The fourth-order valence-electron chi connectivity index (χ4n) is 2.42. The van der Waals surface area contributed by atoms with Gasteiger partial charge in [0.1, 0.15) is 11.6 Å². The maximum atomic E-state index is 13.2. The van der Waals surface area contributed by atoms with Gasteiger partial charge in [0.15, 0.2) is 5.72 Å². The molecule has 5 nitrogen and oxygen atoms in total. The van der Waals surface area contributed by atoms with Crippen molar-refractivity contribution in [3.8, 4) is 5.75 Å². The Morgan fingerprint density at radius 3 is 2.58 bits per heavy atom. The van der Waals surface area contributed by atoms with E-state index < -0.39 is 16.6 Å². The van der Waals surface area contributed by atoms with E-state index in [2.05, 4.69) is 13.5 Å². The van der Waals surface area contributed by atoms with Gasteiger partial charge in [0.25, 0.3) is 0 Å². The third kappa shape index (κ3) is 3.47. The molecular formula is C17H16FN2O3S-. The zero-order chi connectivity index (χ0) is 17.3. The molecule has 24 heavy (non-hydrogen) atoms. The van der Waals surface area contributed by atoms with Crippen LogP contribution in [0, 0.1) is 5.82 Å². The second-order valence-corrected chi connectivity index (χ2v) is 6.62. The fourth-order valence-corrected chi connectivity index (χ4v) is 2.78. The van der Waals surface area contributed by atoms with E-state index in [1.165, 1.54) is 19.2 Å². The zero-order valence-electron chi connectivity index (χ0n) is 13.4. The summed E-state index contributed by atoms with van der Waals surface area (Å²) in [6.45, 7) is 3.66. The lowest BCUT2D eigenvalue weighted by Gasteiger charge is -2.30. The lowest BCUT2D eigenvalue weighted by atomic mass is 9.98. The summed E-state index contributed by atoms with van der Waals surface area (Å²) in [4.78, 5) is 4.62. The first kappa shape index (κ1) is 16.6. The lowest BCUT2D eigenvalue weighted by molar-refractivity contribution is 0.115. The Bertz CT molecular complexity index is 885. The van der Waals surface area contributed by atoms with Crippen LogP contribution in [0.4, 0.5) is 10.1 Å². The normalized spacial score (nSPS) is 16.9. The van der Waals surface area contributed by atoms with E-state index in [1.807, 2.05) is 13.8 Å². The van der Waals surface area contributed by atoms with Gasteiger partial charge in [0.2, 0.25) is 0 Å². The Labute approximate surface area is 141 Å². The van der Waals surface area contributed by atoms with Crippen LogP contribution in [0.3, 0.4) is 0 Å². The molecular weight excluding hydrogens is 331 g/mol. The summed E-state index contributed by atoms with van der Waals surface area (Å²) < 4.78 is 39.1. The van der Waals surface area contributed by atoms with Crippen molar-refractivity contribution < 1.29 is 17.5 Å². The smallest absolute Gasteiger partial charge is 0.195 e. The quantitative estimate of drug-likeness (QED) is 0.784. The molecule has 0 fully saturated rings. The zero-order valence-corrected chi connectivity index (χ0v) is 14.3. The van der Waals surface area contributed by atoms with Gasteiger partial charge in [-0.05, 0) is 50.2 Å². The molecule has 3 rings (SSSR count). The maximum absolute atomic E-state index is 13.2. The highest BCUT2D eigenvalue weighted by atomic mass is 32.2. The number of nitrogens with zero attached hydrogens (tertiary/aromatic N) is 2. The maximum Gasteiger partial charge on any atom is 0.195 e. The van der Waals surface area contributed by atoms with Crippen LogP contribution in [0.5, 0.6) is 5.75 Å². The van der Waals surface area contributed by atoms with Crippen molar-refractivity contribution in [1.29, 1.82) is 0 Å². The third-order valence-electron chi connectivity index (χ3n) is 3.40. The largest absolute Gasteiger partial charge is 0.466 e. The van der Waals surface area contributed by atoms with Crippen molar-refractivity contribution in [1.82, 2.24) is 0 Å². The number of fused-ring (bicyclic) bond motifs is 1. The molecule has 0 aromatic heterocycles. The minimum absolute atomic E-state index is 0.304. The van der Waals surface area contributed by atoms with Gasteiger partial charge in [-0.3, -0.25) is 0 Å². The van der Waals surface area contributed by atoms with Gasteiger partial charge in [-0.2, -0.15) is 0 Å². The molecule has 0 saturated carbocycles. The molecule has 0 N–H and O–H groups in total. The number of hydrogen-bond donors (Lipinski definition) is 0. The summed E-state index contributed by atoms with van der Waals surface area (Å²) in [6, 6.07) is 11.3. The van der Waals surface area contributed by atoms with Crippen LogP contribution in [-0.2, 0) is 19.3 Å². The van der Waals surface area contributed by atoms with Crippen LogP contribution >= 0.6 is 0 Å². The second-order valence-electron chi connectivity index (χ2n) is 5.67. The van der Waals surface area contributed by atoms with E-state index in [0.717, 1.165) is 11.1 Å². The monoisotopic (exact) mass is 347 g/mol. The van der Waals surface area contributed by atoms with Gasteiger partial charge in [-0.25, -0.2) is 9.38 Å². The molecule has 0 bridgehead atoms. The number of ether oxygens (including phenoxy) is 1. The molecule has 1 aliphatic heterocycles. The Morgan fingerprint density at radius 1 is 1.21 bits per heavy atom. The van der Waals surface area contributed by atoms with Crippen molar-refractivity contribution >= 4 is 22.3 Å². The molecule has 1 aliphatic rings. The first-order valence-electron chi connectivity index (χ1n) is 7.25. The van der Waals surface area contributed by atoms with Crippen molar-refractivity contribution in [2.45, 2.75) is 19.6 Å². The Balaban J connectivity index is 2.11. The number of hydrogen-bond acceptors (Lipinski definition) is 6. The van der Waals surface area contributed by atoms with Gasteiger partial charge in [0, 0.05) is 30.0 Å². The first-order valence-corrected chi connectivity index (χ1v) is 8.28. The van der Waals surface area contributed by atoms with Gasteiger partial charge in [0.05, 0.1) is 5.71 Å². The third-order valence-corrected chi connectivity index (χ3v) is 4.05. The van der Waals surface area contributed by atoms with Crippen LogP contribution in [-0.4, -0.2) is 18.5 Å². The highest BCUT2D eigenvalue weighted by Gasteiger charge is 2.28. The predicted octanol–water partition coefficient (Wildman–Crippen LogP) is 4.13. The van der Waals surface area contributed by atoms with Crippen molar-refractivity contribution in [2.24, 2.45) is 9.36 Å².